The van der Waals surface area contributed by atoms with Crippen LogP contribution in [0.4, 0.5) is 0 Å². The molecule has 1 aliphatic heterocycles. The maximum Gasteiger partial charge on any atom is 0.175 e. The Morgan fingerprint density at radius 1 is 1.47 bits per heavy atom. The van der Waals surface area contributed by atoms with Crippen molar-refractivity contribution in [1.29, 1.82) is 0 Å². The molecule has 1 atom stereocenters. The molecule has 1 fully saturated rings. The third-order valence-electron chi connectivity index (χ3n) is 3.44. The van der Waals surface area contributed by atoms with Gasteiger partial charge >= 0.3 is 0 Å². The van der Waals surface area contributed by atoms with Crippen LogP contribution in [0.2, 0.25) is 0 Å². The quantitative estimate of drug-likeness (QED) is 0.882. The van der Waals surface area contributed by atoms with Gasteiger partial charge in [-0.25, -0.2) is 0 Å². The first-order valence-corrected chi connectivity index (χ1v) is 6.14. The maximum atomic E-state index is 5.42. The molecule has 3 rings (SSSR count). The standard InChI is InChI=1S/C14H17NO2/c1-16-13-9-10(8-12-3-2-5-15-12)7-11-4-6-17-14(11)13/h4,6-7,9,12,15H,2-3,5,8H2,1H3. The van der Waals surface area contributed by atoms with Gasteiger partial charge in [-0.15, -0.1) is 0 Å². The van der Waals surface area contributed by atoms with E-state index in [-0.39, 0.29) is 0 Å². The summed E-state index contributed by atoms with van der Waals surface area (Å²) < 4.78 is 10.8. The van der Waals surface area contributed by atoms with Gasteiger partial charge in [-0.2, -0.15) is 0 Å². The van der Waals surface area contributed by atoms with Crippen molar-refractivity contribution < 1.29 is 9.15 Å². The Balaban J connectivity index is 1.92. The third kappa shape index (κ3) is 2.03. The highest BCUT2D eigenvalue weighted by molar-refractivity contribution is 5.83. The third-order valence-corrected chi connectivity index (χ3v) is 3.44. The van der Waals surface area contributed by atoms with Crippen LogP contribution in [-0.4, -0.2) is 19.7 Å². The predicted molar refractivity (Wildman–Crippen MR) is 67.5 cm³/mol. The highest BCUT2D eigenvalue weighted by Gasteiger charge is 2.16. The smallest absolute Gasteiger partial charge is 0.175 e. The van der Waals surface area contributed by atoms with Crippen LogP contribution in [0, 0.1) is 0 Å². The van der Waals surface area contributed by atoms with Gasteiger partial charge < -0.3 is 14.5 Å². The topological polar surface area (TPSA) is 34.4 Å². The van der Waals surface area contributed by atoms with Crippen LogP contribution in [0.15, 0.2) is 28.9 Å². The molecule has 1 N–H and O–H groups in total. The van der Waals surface area contributed by atoms with E-state index < -0.39 is 0 Å². The van der Waals surface area contributed by atoms with Gasteiger partial charge in [0.2, 0.25) is 0 Å². The van der Waals surface area contributed by atoms with E-state index in [9.17, 15) is 0 Å². The molecule has 0 spiro atoms. The monoisotopic (exact) mass is 231 g/mol. The second-order valence-corrected chi connectivity index (χ2v) is 4.63. The minimum absolute atomic E-state index is 0.615. The number of furan rings is 1. The van der Waals surface area contributed by atoms with Gasteiger partial charge in [-0.1, -0.05) is 0 Å². The molecule has 0 amide bonds. The van der Waals surface area contributed by atoms with Crippen molar-refractivity contribution in [1.82, 2.24) is 5.32 Å². The van der Waals surface area contributed by atoms with Crippen LogP contribution in [0.25, 0.3) is 11.0 Å². The van der Waals surface area contributed by atoms with Crippen LogP contribution in [0.1, 0.15) is 18.4 Å². The lowest BCUT2D eigenvalue weighted by atomic mass is 10.0. The summed E-state index contributed by atoms with van der Waals surface area (Å²) in [5, 5.41) is 4.64. The first-order chi connectivity index (χ1) is 8.36. The Bertz CT molecular complexity index is 512. The van der Waals surface area contributed by atoms with E-state index in [1.165, 1.54) is 18.4 Å². The normalized spacial score (nSPS) is 19.9. The highest BCUT2D eigenvalue weighted by atomic mass is 16.5. The van der Waals surface area contributed by atoms with Crippen molar-refractivity contribution in [3.63, 3.8) is 0 Å². The van der Waals surface area contributed by atoms with E-state index in [4.69, 9.17) is 9.15 Å². The summed E-state index contributed by atoms with van der Waals surface area (Å²) in [6.07, 6.45) is 5.34. The molecule has 1 unspecified atom stereocenters. The van der Waals surface area contributed by atoms with Crippen molar-refractivity contribution in [2.45, 2.75) is 25.3 Å². The largest absolute Gasteiger partial charge is 0.493 e. The summed E-state index contributed by atoms with van der Waals surface area (Å²) >= 11 is 0. The lowest BCUT2D eigenvalue weighted by molar-refractivity contribution is 0.409. The van der Waals surface area contributed by atoms with Crippen molar-refractivity contribution in [3.05, 3.63) is 30.0 Å². The van der Waals surface area contributed by atoms with Crippen LogP contribution in [0.3, 0.4) is 0 Å². The molecule has 90 valence electrons. The molecular weight excluding hydrogens is 214 g/mol. The summed E-state index contributed by atoms with van der Waals surface area (Å²) in [4.78, 5) is 0. The van der Waals surface area contributed by atoms with Crippen molar-refractivity contribution in [2.24, 2.45) is 0 Å². The van der Waals surface area contributed by atoms with Gasteiger partial charge in [0.25, 0.3) is 0 Å². The van der Waals surface area contributed by atoms with Gasteiger partial charge in [-0.05, 0) is 49.6 Å². The lowest BCUT2D eigenvalue weighted by Crippen LogP contribution is -2.23. The number of nitrogens with one attached hydrogen (secondary N) is 1. The van der Waals surface area contributed by atoms with Crippen molar-refractivity contribution >= 4 is 11.0 Å². The van der Waals surface area contributed by atoms with Crippen LogP contribution in [0.5, 0.6) is 5.75 Å². The second-order valence-electron chi connectivity index (χ2n) is 4.63. The fraction of sp³-hybridized carbons (Fsp3) is 0.429. The Kier molecular flexibility index (Phi) is 2.77. The number of benzene rings is 1. The van der Waals surface area contributed by atoms with E-state index in [1.54, 1.807) is 13.4 Å². The van der Waals surface area contributed by atoms with Crippen LogP contribution in [-0.2, 0) is 6.42 Å². The van der Waals surface area contributed by atoms with E-state index in [1.807, 2.05) is 6.07 Å². The number of methoxy groups -OCH3 is 1. The average Bonchev–Trinajstić information content (AvgIpc) is 2.98. The molecule has 0 saturated carbocycles. The SMILES string of the molecule is COc1cc(CC2CCCN2)cc2ccoc12. The van der Waals surface area contributed by atoms with Crippen molar-refractivity contribution in [3.8, 4) is 5.75 Å². The molecule has 0 radical (unpaired) electrons. The molecule has 1 aromatic heterocycles. The molecule has 0 bridgehead atoms. The van der Waals surface area contributed by atoms with Gasteiger partial charge in [0.05, 0.1) is 13.4 Å². The summed E-state index contributed by atoms with van der Waals surface area (Å²) in [5.41, 5.74) is 2.16. The molecule has 3 heteroatoms. The van der Waals surface area contributed by atoms with Crippen LogP contribution < -0.4 is 10.1 Å². The number of rotatable bonds is 3. The number of hydrogen-bond acceptors (Lipinski definition) is 3. The fourth-order valence-corrected chi connectivity index (χ4v) is 2.59. The Morgan fingerprint density at radius 3 is 3.18 bits per heavy atom. The Labute approximate surface area is 101 Å². The highest BCUT2D eigenvalue weighted by Crippen LogP contribution is 2.29. The Hall–Kier alpha value is -1.48. The van der Waals surface area contributed by atoms with Gasteiger partial charge in [-0.3, -0.25) is 0 Å². The summed E-state index contributed by atoms with van der Waals surface area (Å²) in [6, 6.07) is 6.89. The van der Waals surface area contributed by atoms with Gasteiger partial charge in [0, 0.05) is 11.4 Å². The zero-order valence-corrected chi connectivity index (χ0v) is 10.0. The number of hydrogen-bond donors (Lipinski definition) is 1. The van der Waals surface area contributed by atoms with E-state index in [0.29, 0.717) is 6.04 Å². The molecule has 0 aliphatic carbocycles. The number of ether oxygens (including phenoxy) is 1. The Morgan fingerprint density at radius 2 is 2.41 bits per heavy atom. The summed E-state index contributed by atoms with van der Waals surface area (Å²) in [7, 11) is 1.69. The molecule has 17 heavy (non-hydrogen) atoms. The average molecular weight is 231 g/mol. The van der Waals surface area contributed by atoms with E-state index in [0.717, 1.165) is 29.7 Å². The van der Waals surface area contributed by atoms with Crippen LogP contribution >= 0.6 is 0 Å². The molecule has 2 heterocycles. The first-order valence-electron chi connectivity index (χ1n) is 6.14. The predicted octanol–water partition coefficient (Wildman–Crippen LogP) is 2.74. The first kappa shape index (κ1) is 10.7. The molecule has 1 saturated heterocycles. The molecule has 3 nitrogen and oxygen atoms in total. The summed E-state index contributed by atoms with van der Waals surface area (Å²) in [5.74, 6) is 0.834. The molecule has 2 aromatic rings. The van der Waals surface area contributed by atoms with Gasteiger partial charge in [0.1, 0.15) is 0 Å². The fourth-order valence-electron chi connectivity index (χ4n) is 2.59. The second kappa shape index (κ2) is 4.41. The van der Waals surface area contributed by atoms with E-state index >= 15 is 0 Å². The number of fused-ring (bicyclic) bond motifs is 1. The molecule has 1 aromatic carbocycles. The lowest BCUT2D eigenvalue weighted by Gasteiger charge is -2.11. The maximum absolute atomic E-state index is 5.42. The van der Waals surface area contributed by atoms with Gasteiger partial charge in [0.15, 0.2) is 11.3 Å². The molecule has 1 aliphatic rings. The zero-order valence-electron chi connectivity index (χ0n) is 10.0. The zero-order chi connectivity index (χ0) is 11.7. The minimum Gasteiger partial charge on any atom is -0.493 e. The molecular formula is C14H17NO2. The van der Waals surface area contributed by atoms with E-state index in [2.05, 4.69) is 17.4 Å². The minimum atomic E-state index is 0.615. The summed E-state index contributed by atoms with van der Waals surface area (Å²) in [6.45, 7) is 1.15. The van der Waals surface area contributed by atoms with Crippen molar-refractivity contribution in [2.75, 3.05) is 13.7 Å².